The maximum absolute atomic E-state index is 5.81. The average Bonchev–Trinajstić information content (AvgIpc) is 2.59. The van der Waals surface area contributed by atoms with Crippen LogP contribution in [0.4, 0.5) is 5.69 Å². The summed E-state index contributed by atoms with van der Waals surface area (Å²) in [6.45, 7) is 1.53. The van der Waals surface area contributed by atoms with Gasteiger partial charge in [-0.1, -0.05) is 35.8 Å². The lowest BCUT2D eigenvalue weighted by molar-refractivity contribution is -0.162. The van der Waals surface area contributed by atoms with Crippen LogP contribution in [0.15, 0.2) is 36.4 Å². The summed E-state index contributed by atoms with van der Waals surface area (Å²) >= 11 is 0. The SMILES string of the molecule is Nc1ccccc1C#C/C=C\C#CCCCOC1CCCCO1. The summed E-state index contributed by atoms with van der Waals surface area (Å²) in [5.41, 5.74) is 7.34. The zero-order valence-electron chi connectivity index (χ0n) is 13.4. The largest absolute Gasteiger partial charge is 0.398 e. The number of allylic oxidation sites excluding steroid dienone is 2. The Balaban J connectivity index is 1.59. The lowest BCUT2D eigenvalue weighted by Crippen LogP contribution is -2.22. The fraction of sp³-hybridized carbons (Fsp3) is 0.400. The Kier molecular flexibility index (Phi) is 7.84. The van der Waals surface area contributed by atoms with Gasteiger partial charge in [0.1, 0.15) is 0 Å². The molecule has 0 spiro atoms. The van der Waals surface area contributed by atoms with Gasteiger partial charge in [0.25, 0.3) is 0 Å². The van der Waals surface area contributed by atoms with E-state index < -0.39 is 0 Å². The minimum Gasteiger partial charge on any atom is -0.398 e. The van der Waals surface area contributed by atoms with Crippen molar-refractivity contribution in [3.8, 4) is 23.7 Å². The molecule has 2 N–H and O–H groups in total. The zero-order valence-corrected chi connectivity index (χ0v) is 13.4. The molecule has 0 amide bonds. The summed E-state index contributed by atoms with van der Waals surface area (Å²) in [6, 6.07) is 7.56. The Labute approximate surface area is 138 Å². The first kappa shape index (κ1) is 17.2. The summed E-state index contributed by atoms with van der Waals surface area (Å²) in [4.78, 5) is 0. The molecule has 1 aromatic rings. The van der Waals surface area contributed by atoms with E-state index in [1.807, 2.05) is 24.3 Å². The molecule has 120 valence electrons. The average molecular weight is 309 g/mol. The Hall–Kier alpha value is -2.20. The normalized spacial score (nSPS) is 17.1. The molecule has 1 atom stereocenters. The third-order valence-corrected chi connectivity index (χ3v) is 3.41. The highest BCUT2D eigenvalue weighted by Gasteiger charge is 2.12. The van der Waals surface area contributed by atoms with Gasteiger partial charge in [-0.25, -0.2) is 0 Å². The maximum atomic E-state index is 5.81. The number of rotatable bonds is 4. The smallest absolute Gasteiger partial charge is 0.157 e. The van der Waals surface area contributed by atoms with Crippen molar-refractivity contribution >= 4 is 5.69 Å². The highest BCUT2D eigenvalue weighted by Crippen LogP contribution is 2.13. The van der Waals surface area contributed by atoms with Crippen LogP contribution in [0.1, 0.15) is 37.7 Å². The molecule has 1 saturated heterocycles. The number of nitrogen functional groups attached to an aromatic ring is 1. The van der Waals surface area contributed by atoms with Crippen LogP contribution in [-0.4, -0.2) is 19.5 Å². The van der Waals surface area contributed by atoms with Crippen molar-refractivity contribution in [1.82, 2.24) is 0 Å². The van der Waals surface area contributed by atoms with Crippen molar-refractivity contribution < 1.29 is 9.47 Å². The van der Waals surface area contributed by atoms with Crippen molar-refractivity contribution in [3.63, 3.8) is 0 Å². The topological polar surface area (TPSA) is 44.5 Å². The Morgan fingerprint density at radius 3 is 2.91 bits per heavy atom. The van der Waals surface area contributed by atoms with Gasteiger partial charge in [0.2, 0.25) is 0 Å². The molecule has 0 bridgehead atoms. The van der Waals surface area contributed by atoms with E-state index >= 15 is 0 Å². The molecule has 0 saturated carbocycles. The van der Waals surface area contributed by atoms with Crippen LogP contribution >= 0.6 is 0 Å². The minimum atomic E-state index is -0.00250. The molecule has 2 rings (SSSR count). The quantitative estimate of drug-likeness (QED) is 0.526. The molecule has 23 heavy (non-hydrogen) atoms. The van der Waals surface area contributed by atoms with Gasteiger partial charge in [-0.3, -0.25) is 0 Å². The molecule has 1 aliphatic rings. The van der Waals surface area contributed by atoms with Gasteiger partial charge in [0, 0.05) is 24.3 Å². The van der Waals surface area contributed by atoms with Crippen LogP contribution in [0.25, 0.3) is 0 Å². The fourth-order valence-electron chi connectivity index (χ4n) is 2.16. The molecular formula is C20H23NO2. The predicted octanol–water partition coefficient (Wildman–Crippen LogP) is 3.50. The molecule has 1 unspecified atom stereocenters. The van der Waals surface area contributed by atoms with Gasteiger partial charge in [0.05, 0.1) is 6.61 Å². The van der Waals surface area contributed by atoms with Crippen LogP contribution in [0.3, 0.4) is 0 Å². The van der Waals surface area contributed by atoms with E-state index in [0.717, 1.165) is 37.9 Å². The molecule has 0 radical (unpaired) electrons. The van der Waals surface area contributed by atoms with E-state index in [0.29, 0.717) is 12.3 Å². The first-order valence-electron chi connectivity index (χ1n) is 8.09. The number of ether oxygens (including phenoxy) is 2. The minimum absolute atomic E-state index is 0.00250. The van der Waals surface area contributed by atoms with Gasteiger partial charge in [0.15, 0.2) is 6.29 Å². The number of benzene rings is 1. The van der Waals surface area contributed by atoms with Crippen molar-refractivity contribution in [2.75, 3.05) is 18.9 Å². The van der Waals surface area contributed by atoms with Crippen molar-refractivity contribution in [2.45, 2.75) is 38.4 Å². The van der Waals surface area contributed by atoms with E-state index in [1.165, 1.54) is 6.42 Å². The molecule has 1 aliphatic heterocycles. The lowest BCUT2D eigenvalue weighted by atomic mass is 10.2. The van der Waals surface area contributed by atoms with Gasteiger partial charge in [-0.05, 0) is 50.0 Å². The van der Waals surface area contributed by atoms with E-state index in [2.05, 4.69) is 23.7 Å². The van der Waals surface area contributed by atoms with Crippen LogP contribution in [0.2, 0.25) is 0 Å². The Morgan fingerprint density at radius 2 is 2.09 bits per heavy atom. The van der Waals surface area contributed by atoms with Crippen molar-refractivity contribution in [1.29, 1.82) is 0 Å². The molecule has 1 fully saturated rings. The van der Waals surface area contributed by atoms with E-state index in [4.69, 9.17) is 15.2 Å². The summed E-state index contributed by atoms with van der Waals surface area (Å²) < 4.78 is 11.1. The van der Waals surface area contributed by atoms with Gasteiger partial charge >= 0.3 is 0 Å². The fourth-order valence-corrected chi connectivity index (χ4v) is 2.16. The van der Waals surface area contributed by atoms with E-state index in [-0.39, 0.29) is 6.29 Å². The second-order valence-electron chi connectivity index (χ2n) is 5.28. The summed E-state index contributed by atoms with van der Waals surface area (Å²) in [5, 5.41) is 0. The number of hydrogen-bond donors (Lipinski definition) is 1. The third kappa shape index (κ3) is 7.06. The molecule has 1 aromatic carbocycles. The molecule has 1 heterocycles. The van der Waals surface area contributed by atoms with Gasteiger partial charge in [-0.2, -0.15) is 0 Å². The highest BCUT2D eigenvalue weighted by atomic mass is 16.7. The predicted molar refractivity (Wildman–Crippen MR) is 93.4 cm³/mol. The van der Waals surface area contributed by atoms with Crippen LogP contribution in [0, 0.1) is 23.7 Å². The molecule has 3 heteroatoms. The Bertz CT molecular complexity index is 622. The summed E-state index contributed by atoms with van der Waals surface area (Å²) in [5.74, 6) is 12.0. The molecule has 3 nitrogen and oxygen atoms in total. The second kappa shape index (κ2) is 10.5. The maximum Gasteiger partial charge on any atom is 0.157 e. The molecular weight excluding hydrogens is 286 g/mol. The number of anilines is 1. The first-order chi connectivity index (χ1) is 11.4. The van der Waals surface area contributed by atoms with Crippen LogP contribution in [-0.2, 0) is 9.47 Å². The standard InChI is InChI=1S/C20H23NO2/c21-19-14-8-7-13-18(19)12-6-4-2-1-3-5-10-16-22-20-15-9-11-17-23-20/h2,4,7-8,13-14,20H,5,9-11,15-17,21H2/b4-2-. The van der Waals surface area contributed by atoms with Gasteiger partial charge < -0.3 is 15.2 Å². The van der Waals surface area contributed by atoms with E-state index in [1.54, 1.807) is 12.2 Å². The number of para-hydroxylation sites is 1. The van der Waals surface area contributed by atoms with E-state index in [9.17, 15) is 0 Å². The highest BCUT2D eigenvalue weighted by molar-refractivity contribution is 5.56. The zero-order chi connectivity index (χ0) is 16.2. The van der Waals surface area contributed by atoms with Crippen LogP contribution in [0.5, 0.6) is 0 Å². The number of unbranched alkanes of at least 4 members (excludes halogenated alkanes) is 1. The summed E-state index contributed by atoms with van der Waals surface area (Å²) in [6.07, 6.45) is 8.60. The lowest BCUT2D eigenvalue weighted by Gasteiger charge is -2.22. The number of nitrogens with two attached hydrogens (primary N) is 1. The Morgan fingerprint density at radius 1 is 1.22 bits per heavy atom. The van der Waals surface area contributed by atoms with Gasteiger partial charge in [-0.15, -0.1) is 0 Å². The molecule has 0 aromatic heterocycles. The monoisotopic (exact) mass is 309 g/mol. The number of hydrogen-bond acceptors (Lipinski definition) is 3. The second-order valence-corrected chi connectivity index (χ2v) is 5.28. The van der Waals surface area contributed by atoms with Crippen LogP contribution < -0.4 is 5.73 Å². The first-order valence-corrected chi connectivity index (χ1v) is 8.09. The molecule has 0 aliphatic carbocycles. The van der Waals surface area contributed by atoms with Crippen molar-refractivity contribution in [2.24, 2.45) is 0 Å². The third-order valence-electron chi connectivity index (χ3n) is 3.41. The summed E-state index contributed by atoms with van der Waals surface area (Å²) in [7, 11) is 0. The van der Waals surface area contributed by atoms with Crippen molar-refractivity contribution in [3.05, 3.63) is 42.0 Å².